The van der Waals surface area contributed by atoms with Crippen LogP contribution < -0.4 is 0 Å². The molecule has 0 aliphatic carbocycles. The minimum atomic E-state index is -0.273. The van der Waals surface area contributed by atoms with Crippen molar-refractivity contribution < 1.29 is 9.18 Å². The molecule has 0 bridgehead atoms. The Balaban J connectivity index is 1.58. The van der Waals surface area contributed by atoms with Crippen LogP contribution >= 0.6 is 0 Å². The second-order valence-electron chi connectivity index (χ2n) is 6.26. The van der Waals surface area contributed by atoms with E-state index in [1.165, 1.54) is 12.1 Å². The number of likely N-dealkylation sites (tertiary alicyclic amines) is 1. The molecule has 1 unspecified atom stereocenters. The van der Waals surface area contributed by atoms with Gasteiger partial charge in [0.05, 0.1) is 6.42 Å². The molecule has 128 valence electrons. The Morgan fingerprint density at radius 1 is 1.33 bits per heavy atom. The van der Waals surface area contributed by atoms with Crippen molar-refractivity contribution >= 4 is 5.91 Å². The van der Waals surface area contributed by atoms with Crippen LogP contribution in [0.4, 0.5) is 4.39 Å². The summed E-state index contributed by atoms with van der Waals surface area (Å²) in [5.41, 5.74) is 0.859. The summed E-state index contributed by atoms with van der Waals surface area (Å²) in [5.74, 6) is 0.835. The van der Waals surface area contributed by atoms with E-state index in [0.717, 1.165) is 50.2 Å². The summed E-state index contributed by atoms with van der Waals surface area (Å²) in [4.78, 5) is 14.6. The van der Waals surface area contributed by atoms with Crippen LogP contribution in [0, 0.1) is 5.82 Å². The van der Waals surface area contributed by atoms with Crippen molar-refractivity contribution in [1.29, 1.82) is 0 Å². The van der Waals surface area contributed by atoms with Crippen LogP contribution in [0.1, 0.15) is 37.6 Å². The van der Waals surface area contributed by atoms with Gasteiger partial charge in [0, 0.05) is 25.6 Å². The minimum absolute atomic E-state index is 0.126. The molecule has 0 spiro atoms. The lowest BCUT2D eigenvalue weighted by Gasteiger charge is -2.25. The van der Waals surface area contributed by atoms with E-state index in [1.807, 2.05) is 9.47 Å². The number of halogens is 1. The molecule has 1 aliphatic heterocycles. The number of hydrogen-bond acceptors (Lipinski definition) is 3. The van der Waals surface area contributed by atoms with Gasteiger partial charge in [-0.05, 0) is 43.9 Å². The highest BCUT2D eigenvalue weighted by Crippen LogP contribution is 2.22. The first-order chi connectivity index (χ1) is 11.7. The topological polar surface area (TPSA) is 51.0 Å². The van der Waals surface area contributed by atoms with E-state index in [2.05, 4.69) is 17.1 Å². The molecule has 2 aromatic rings. The fourth-order valence-electron chi connectivity index (χ4n) is 3.37. The highest BCUT2D eigenvalue weighted by atomic mass is 19.1. The summed E-state index contributed by atoms with van der Waals surface area (Å²) in [6.45, 7) is 3.74. The molecule has 0 radical (unpaired) electrons. The summed E-state index contributed by atoms with van der Waals surface area (Å²) in [5, 5.41) is 8.12. The Labute approximate surface area is 141 Å². The number of rotatable bonds is 6. The zero-order valence-corrected chi connectivity index (χ0v) is 14.0. The molecule has 1 atom stereocenters. The predicted octanol–water partition coefficient (Wildman–Crippen LogP) is 2.60. The quantitative estimate of drug-likeness (QED) is 0.818. The monoisotopic (exact) mass is 330 g/mol. The predicted molar refractivity (Wildman–Crippen MR) is 88.9 cm³/mol. The second-order valence-corrected chi connectivity index (χ2v) is 6.26. The Kier molecular flexibility index (Phi) is 5.23. The maximum absolute atomic E-state index is 13.0. The van der Waals surface area contributed by atoms with Crippen molar-refractivity contribution in [2.24, 2.45) is 0 Å². The number of carbonyl (C=O) groups excluding carboxylic acids is 1. The van der Waals surface area contributed by atoms with Gasteiger partial charge in [-0.3, -0.25) is 4.79 Å². The molecule has 1 amide bonds. The molecule has 3 rings (SSSR count). The lowest BCUT2D eigenvalue weighted by atomic mass is 10.1. The highest BCUT2D eigenvalue weighted by molar-refractivity contribution is 5.79. The van der Waals surface area contributed by atoms with Gasteiger partial charge >= 0.3 is 0 Å². The summed E-state index contributed by atoms with van der Waals surface area (Å²) in [6.07, 6.45) is 5.91. The minimum Gasteiger partial charge on any atom is -0.339 e. The lowest BCUT2D eigenvalue weighted by Crippen LogP contribution is -2.37. The number of aryl methyl sites for hydroxylation is 2. The molecular weight excluding hydrogens is 307 g/mol. The number of nitrogens with zero attached hydrogens (tertiary/aromatic N) is 4. The molecule has 1 aromatic carbocycles. The van der Waals surface area contributed by atoms with Gasteiger partial charge in [0.25, 0.3) is 0 Å². The average molecular weight is 330 g/mol. The largest absolute Gasteiger partial charge is 0.339 e. The van der Waals surface area contributed by atoms with E-state index in [1.54, 1.807) is 18.5 Å². The van der Waals surface area contributed by atoms with Crippen LogP contribution in [0.25, 0.3) is 0 Å². The number of benzene rings is 1. The van der Waals surface area contributed by atoms with Crippen molar-refractivity contribution in [1.82, 2.24) is 19.7 Å². The fourth-order valence-corrected chi connectivity index (χ4v) is 3.37. The standard InChI is InChI=1S/C18H23FN4O/c1-2-22-13-20-21-17(22)10-9-16-4-3-11-23(16)18(24)12-14-5-7-15(19)8-6-14/h5-8,13,16H,2-4,9-12H2,1H3. The third kappa shape index (κ3) is 3.80. The first-order valence-electron chi connectivity index (χ1n) is 8.58. The molecule has 5 nitrogen and oxygen atoms in total. The number of hydrogen-bond donors (Lipinski definition) is 0. The first kappa shape index (κ1) is 16.6. The van der Waals surface area contributed by atoms with Crippen molar-refractivity contribution in [2.75, 3.05) is 6.54 Å². The van der Waals surface area contributed by atoms with E-state index in [-0.39, 0.29) is 17.8 Å². The SMILES string of the molecule is CCn1cnnc1CCC1CCCN1C(=O)Cc1ccc(F)cc1. The van der Waals surface area contributed by atoms with Crippen LogP contribution in [0.15, 0.2) is 30.6 Å². The molecular formula is C18H23FN4O. The van der Waals surface area contributed by atoms with Crippen molar-refractivity contribution in [3.8, 4) is 0 Å². The zero-order chi connectivity index (χ0) is 16.9. The molecule has 0 N–H and O–H groups in total. The summed E-state index contributed by atoms with van der Waals surface area (Å²) >= 11 is 0. The molecule has 1 aliphatic rings. The maximum Gasteiger partial charge on any atom is 0.227 e. The van der Waals surface area contributed by atoms with Gasteiger partial charge in [0.2, 0.25) is 5.91 Å². The van der Waals surface area contributed by atoms with E-state index in [4.69, 9.17) is 0 Å². The van der Waals surface area contributed by atoms with Gasteiger partial charge in [-0.15, -0.1) is 10.2 Å². The van der Waals surface area contributed by atoms with Gasteiger partial charge in [-0.2, -0.15) is 0 Å². The van der Waals surface area contributed by atoms with Gasteiger partial charge < -0.3 is 9.47 Å². The summed E-state index contributed by atoms with van der Waals surface area (Å²) < 4.78 is 15.0. The van der Waals surface area contributed by atoms with Crippen molar-refractivity contribution in [3.63, 3.8) is 0 Å². The van der Waals surface area contributed by atoms with Gasteiger partial charge in [-0.25, -0.2) is 4.39 Å². The van der Waals surface area contributed by atoms with Crippen molar-refractivity contribution in [3.05, 3.63) is 47.8 Å². The first-order valence-corrected chi connectivity index (χ1v) is 8.58. The van der Waals surface area contributed by atoms with Crippen LogP contribution in [-0.4, -0.2) is 38.2 Å². The van der Waals surface area contributed by atoms with Gasteiger partial charge in [0.15, 0.2) is 0 Å². The normalized spacial score (nSPS) is 17.4. The number of carbonyl (C=O) groups is 1. The van der Waals surface area contributed by atoms with Crippen LogP contribution in [0.5, 0.6) is 0 Å². The molecule has 6 heteroatoms. The molecule has 0 saturated carbocycles. The maximum atomic E-state index is 13.0. The Morgan fingerprint density at radius 3 is 2.88 bits per heavy atom. The van der Waals surface area contributed by atoms with Crippen LogP contribution in [-0.2, 0) is 24.2 Å². The van der Waals surface area contributed by atoms with Gasteiger partial charge in [-0.1, -0.05) is 12.1 Å². The zero-order valence-electron chi connectivity index (χ0n) is 14.0. The third-order valence-corrected chi connectivity index (χ3v) is 4.70. The van der Waals surface area contributed by atoms with E-state index >= 15 is 0 Å². The fraction of sp³-hybridized carbons (Fsp3) is 0.500. The van der Waals surface area contributed by atoms with Gasteiger partial charge in [0.1, 0.15) is 18.0 Å². The number of aromatic nitrogens is 3. The molecule has 24 heavy (non-hydrogen) atoms. The van der Waals surface area contributed by atoms with Crippen molar-refractivity contribution in [2.45, 2.75) is 51.6 Å². The second kappa shape index (κ2) is 7.55. The summed E-state index contributed by atoms with van der Waals surface area (Å²) in [6, 6.07) is 6.44. The lowest BCUT2D eigenvalue weighted by molar-refractivity contribution is -0.131. The summed E-state index contributed by atoms with van der Waals surface area (Å²) in [7, 11) is 0. The highest BCUT2D eigenvalue weighted by Gasteiger charge is 2.28. The van der Waals surface area contributed by atoms with Crippen LogP contribution in [0.3, 0.4) is 0 Å². The Bertz CT molecular complexity index is 683. The van der Waals surface area contributed by atoms with E-state index in [0.29, 0.717) is 6.42 Å². The Morgan fingerprint density at radius 2 is 2.12 bits per heavy atom. The third-order valence-electron chi connectivity index (χ3n) is 4.70. The molecule has 1 aromatic heterocycles. The Hall–Kier alpha value is -2.24. The van der Waals surface area contributed by atoms with Crippen LogP contribution in [0.2, 0.25) is 0 Å². The average Bonchev–Trinajstić information content (AvgIpc) is 3.23. The van der Waals surface area contributed by atoms with E-state index in [9.17, 15) is 9.18 Å². The molecule has 1 saturated heterocycles. The number of amides is 1. The van der Waals surface area contributed by atoms with E-state index < -0.39 is 0 Å². The smallest absolute Gasteiger partial charge is 0.227 e. The molecule has 1 fully saturated rings. The molecule has 2 heterocycles.